The molecule has 138 valence electrons. The molecule has 0 aromatic heterocycles. The second-order valence-electron chi connectivity index (χ2n) is 5.50. The molecular formula is C20H24N2O4. The SMILES string of the molecule is CCOc1ccc(C(=O)N=C(N)c2ccc(CCO)cc2)cc1OCC. The maximum absolute atomic E-state index is 12.4. The quantitative estimate of drug-likeness (QED) is 0.560. The maximum Gasteiger partial charge on any atom is 0.279 e. The summed E-state index contributed by atoms with van der Waals surface area (Å²) in [7, 11) is 0. The lowest BCUT2D eigenvalue weighted by molar-refractivity contribution is 0.100. The molecule has 3 N–H and O–H groups in total. The second kappa shape index (κ2) is 9.58. The molecule has 0 radical (unpaired) electrons. The van der Waals surface area contributed by atoms with Crippen LogP contribution in [0.2, 0.25) is 0 Å². The van der Waals surface area contributed by atoms with E-state index in [2.05, 4.69) is 4.99 Å². The molecule has 0 aliphatic carbocycles. The molecule has 0 heterocycles. The van der Waals surface area contributed by atoms with Crippen LogP contribution in [0.3, 0.4) is 0 Å². The molecule has 0 saturated heterocycles. The summed E-state index contributed by atoms with van der Waals surface area (Å²) in [4.78, 5) is 16.4. The van der Waals surface area contributed by atoms with Gasteiger partial charge in [-0.05, 0) is 44.0 Å². The van der Waals surface area contributed by atoms with Crippen LogP contribution in [0.25, 0.3) is 0 Å². The van der Waals surface area contributed by atoms with Gasteiger partial charge in [0.1, 0.15) is 5.84 Å². The Kier molecular flexibility index (Phi) is 7.17. The molecule has 0 aliphatic heterocycles. The number of amides is 1. The first-order chi connectivity index (χ1) is 12.6. The van der Waals surface area contributed by atoms with Gasteiger partial charge in [-0.2, -0.15) is 4.99 Å². The van der Waals surface area contributed by atoms with E-state index in [4.69, 9.17) is 20.3 Å². The van der Waals surface area contributed by atoms with Crippen LogP contribution in [0.4, 0.5) is 0 Å². The first kappa shape index (κ1) is 19.5. The average molecular weight is 356 g/mol. The third-order valence-electron chi connectivity index (χ3n) is 3.66. The van der Waals surface area contributed by atoms with Crippen molar-refractivity contribution in [2.45, 2.75) is 20.3 Å². The third kappa shape index (κ3) is 5.07. The summed E-state index contributed by atoms with van der Waals surface area (Å²) in [5.74, 6) is 0.771. The molecule has 2 rings (SSSR count). The van der Waals surface area contributed by atoms with Crippen molar-refractivity contribution in [2.24, 2.45) is 10.7 Å². The van der Waals surface area contributed by atoms with Gasteiger partial charge in [-0.3, -0.25) is 4.79 Å². The summed E-state index contributed by atoms with van der Waals surface area (Å²) in [5, 5.41) is 8.94. The predicted molar refractivity (Wildman–Crippen MR) is 101 cm³/mol. The number of carbonyl (C=O) groups excluding carboxylic acids is 1. The normalized spacial score (nSPS) is 11.3. The number of ether oxygens (including phenoxy) is 2. The van der Waals surface area contributed by atoms with E-state index in [0.717, 1.165) is 5.56 Å². The molecule has 6 heteroatoms. The zero-order chi connectivity index (χ0) is 18.9. The van der Waals surface area contributed by atoms with Crippen molar-refractivity contribution >= 4 is 11.7 Å². The summed E-state index contributed by atoms with van der Waals surface area (Å²) in [5.41, 5.74) is 7.97. The summed E-state index contributed by atoms with van der Waals surface area (Å²) >= 11 is 0. The minimum absolute atomic E-state index is 0.0846. The summed E-state index contributed by atoms with van der Waals surface area (Å²) in [6, 6.07) is 12.2. The highest BCUT2D eigenvalue weighted by Gasteiger charge is 2.12. The van der Waals surface area contributed by atoms with Crippen molar-refractivity contribution in [1.82, 2.24) is 0 Å². The smallest absolute Gasteiger partial charge is 0.279 e. The lowest BCUT2D eigenvalue weighted by Gasteiger charge is -2.11. The molecule has 6 nitrogen and oxygen atoms in total. The number of benzene rings is 2. The van der Waals surface area contributed by atoms with Crippen LogP contribution in [-0.2, 0) is 6.42 Å². The van der Waals surface area contributed by atoms with Gasteiger partial charge in [0.15, 0.2) is 11.5 Å². The first-order valence-electron chi connectivity index (χ1n) is 8.57. The topological polar surface area (TPSA) is 94.1 Å². The van der Waals surface area contributed by atoms with E-state index in [0.29, 0.717) is 42.3 Å². The van der Waals surface area contributed by atoms with Gasteiger partial charge in [0.2, 0.25) is 0 Å². The van der Waals surface area contributed by atoms with Gasteiger partial charge in [-0.15, -0.1) is 0 Å². The molecule has 0 fully saturated rings. The van der Waals surface area contributed by atoms with Crippen LogP contribution in [0.5, 0.6) is 11.5 Å². The Labute approximate surface area is 153 Å². The largest absolute Gasteiger partial charge is 0.490 e. The standard InChI is InChI=1S/C20H24N2O4/c1-3-25-17-10-9-16(13-18(17)26-4-2)20(24)22-19(21)15-7-5-14(6-8-15)11-12-23/h5-10,13,23H,3-4,11-12H2,1-2H3,(H2,21,22,24). The molecule has 0 aliphatic rings. The highest BCUT2D eigenvalue weighted by atomic mass is 16.5. The predicted octanol–water partition coefficient (Wildman–Crippen LogP) is 2.56. The molecule has 0 spiro atoms. The Bertz CT molecular complexity index is 770. The number of aliphatic imine (C=N–C) groups is 1. The number of aliphatic hydroxyl groups excluding tert-OH is 1. The van der Waals surface area contributed by atoms with Crippen LogP contribution in [0, 0.1) is 0 Å². The molecule has 0 saturated carbocycles. The highest BCUT2D eigenvalue weighted by Crippen LogP contribution is 2.28. The number of carbonyl (C=O) groups is 1. The molecule has 2 aromatic rings. The lowest BCUT2D eigenvalue weighted by Crippen LogP contribution is -2.16. The van der Waals surface area contributed by atoms with Gasteiger partial charge in [-0.25, -0.2) is 0 Å². The van der Waals surface area contributed by atoms with Crippen molar-refractivity contribution in [2.75, 3.05) is 19.8 Å². The van der Waals surface area contributed by atoms with Gasteiger partial charge in [-0.1, -0.05) is 24.3 Å². The molecular weight excluding hydrogens is 332 g/mol. The van der Waals surface area contributed by atoms with Crippen LogP contribution >= 0.6 is 0 Å². The number of nitrogens with two attached hydrogens (primary N) is 1. The number of hydrogen-bond acceptors (Lipinski definition) is 4. The Balaban J connectivity index is 2.21. The highest BCUT2D eigenvalue weighted by molar-refractivity contribution is 6.08. The minimum Gasteiger partial charge on any atom is -0.490 e. The first-order valence-corrected chi connectivity index (χ1v) is 8.57. The third-order valence-corrected chi connectivity index (χ3v) is 3.66. The van der Waals surface area contributed by atoms with E-state index in [1.165, 1.54) is 0 Å². The Morgan fingerprint density at radius 3 is 2.23 bits per heavy atom. The second-order valence-corrected chi connectivity index (χ2v) is 5.50. The Morgan fingerprint density at radius 2 is 1.62 bits per heavy atom. The van der Waals surface area contributed by atoms with Crippen LogP contribution in [-0.4, -0.2) is 36.7 Å². The minimum atomic E-state index is -0.453. The van der Waals surface area contributed by atoms with E-state index in [1.54, 1.807) is 30.3 Å². The van der Waals surface area contributed by atoms with E-state index >= 15 is 0 Å². The van der Waals surface area contributed by atoms with Crippen LogP contribution < -0.4 is 15.2 Å². The van der Waals surface area contributed by atoms with Gasteiger partial charge in [0.25, 0.3) is 5.91 Å². The molecule has 1 amide bonds. The zero-order valence-electron chi connectivity index (χ0n) is 15.1. The van der Waals surface area contributed by atoms with Crippen molar-refractivity contribution in [3.05, 3.63) is 59.2 Å². The molecule has 0 atom stereocenters. The van der Waals surface area contributed by atoms with Crippen LogP contribution in [0.1, 0.15) is 35.3 Å². The van der Waals surface area contributed by atoms with E-state index in [9.17, 15) is 4.79 Å². The molecule has 0 unspecified atom stereocenters. The fourth-order valence-corrected chi connectivity index (χ4v) is 2.39. The molecule has 26 heavy (non-hydrogen) atoms. The Morgan fingerprint density at radius 1 is 1.00 bits per heavy atom. The fourth-order valence-electron chi connectivity index (χ4n) is 2.39. The Hall–Kier alpha value is -2.86. The number of nitrogens with zero attached hydrogens (tertiary/aromatic N) is 1. The monoisotopic (exact) mass is 356 g/mol. The summed E-state index contributed by atoms with van der Waals surface area (Å²) in [6.07, 6.45) is 0.572. The van der Waals surface area contributed by atoms with E-state index in [-0.39, 0.29) is 12.4 Å². The average Bonchev–Trinajstić information content (AvgIpc) is 2.64. The van der Waals surface area contributed by atoms with Gasteiger partial charge >= 0.3 is 0 Å². The van der Waals surface area contributed by atoms with Crippen molar-refractivity contribution in [1.29, 1.82) is 0 Å². The van der Waals surface area contributed by atoms with Crippen LogP contribution in [0.15, 0.2) is 47.5 Å². The molecule has 0 bridgehead atoms. The maximum atomic E-state index is 12.4. The van der Waals surface area contributed by atoms with E-state index in [1.807, 2.05) is 26.0 Å². The fraction of sp³-hybridized carbons (Fsp3) is 0.300. The number of rotatable bonds is 8. The number of hydrogen-bond donors (Lipinski definition) is 2. The van der Waals surface area contributed by atoms with Crippen molar-refractivity contribution in [3.63, 3.8) is 0 Å². The number of aliphatic hydroxyl groups is 1. The van der Waals surface area contributed by atoms with Gasteiger partial charge in [0.05, 0.1) is 13.2 Å². The van der Waals surface area contributed by atoms with E-state index < -0.39 is 5.91 Å². The number of amidine groups is 1. The van der Waals surface area contributed by atoms with Crippen molar-refractivity contribution in [3.8, 4) is 11.5 Å². The summed E-state index contributed by atoms with van der Waals surface area (Å²) in [6.45, 7) is 4.79. The van der Waals surface area contributed by atoms with Crippen molar-refractivity contribution < 1.29 is 19.4 Å². The lowest BCUT2D eigenvalue weighted by atomic mass is 10.1. The van der Waals surface area contributed by atoms with Gasteiger partial charge < -0.3 is 20.3 Å². The summed E-state index contributed by atoms with van der Waals surface area (Å²) < 4.78 is 11.0. The van der Waals surface area contributed by atoms with Gasteiger partial charge in [0, 0.05) is 17.7 Å². The zero-order valence-corrected chi connectivity index (χ0v) is 15.1. The molecule has 2 aromatic carbocycles.